The van der Waals surface area contributed by atoms with Crippen LogP contribution in [-0.4, -0.2) is 44.5 Å². The first-order chi connectivity index (χ1) is 19.6. The summed E-state index contributed by atoms with van der Waals surface area (Å²) in [5.74, 6) is 1.17. The summed E-state index contributed by atoms with van der Waals surface area (Å²) in [5, 5.41) is 3.70. The molecule has 7 rings (SSSR count). The van der Waals surface area contributed by atoms with E-state index in [1.165, 1.54) is 31.2 Å². The molecule has 4 N–H and O–H groups in total. The van der Waals surface area contributed by atoms with Crippen molar-refractivity contribution in [2.24, 2.45) is 17.8 Å². The predicted molar refractivity (Wildman–Crippen MR) is 153 cm³/mol. The van der Waals surface area contributed by atoms with Gasteiger partial charge < -0.3 is 15.0 Å². The molecule has 4 saturated carbocycles. The van der Waals surface area contributed by atoms with Crippen LogP contribution in [0, 0.1) is 17.8 Å². The van der Waals surface area contributed by atoms with E-state index in [0.29, 0.717) is 5.69 Å². The fourth-order valence-electron chi connectivity index (χ4n) is 7.72. The Hall–Kier alpha value is -3.95. The Labute approximate surface area is 239 Å². The highest BCUT2D eigenvalue weighted by atomic mass is 16.6. The molecule has 2 aromatic heterocycles. The van der Waals surface area contributed by atoms with Crippen LogP contribution in [0.1, 0.15) is 81.0 Å². The normalized spacial score (nSPS) is 25.5. The average molecular weight is 559 g/mol. The van der Waals surface area contributed by atoms with Crippen molar-refractivity contribution in [3.63, 3.8) is 0 Å². The van der Waals surface area contributed by atoms with Crippen LogP contribution in [0.15, 0.2) is 42.9 Å². The number of para-hydroxylation sites is 1. The van der Waals surface area contributed by atoms with Gasteiger partial charge in [0.25, 0.3) is 11.8 Å². The molecule has 41 heavy (non-hydrogen) atoms. The van der Waals surface area contributed by atoms with Gasteiger partial charge in [-0.2, -0.15) is 0 Å². The smallest absolute Gasteiger partial charge is 0.408 e. The Kier molecular flexibility index (Phi) is 6.95. The topological polar surface area (TPSA) is 138 Å². The number of nitrogens with zero attached hydrogens (tertiary/aromatic N) is 2. The summed E-state index contributed by atoms with van der Waals surface area (Å²) in [4.78, 5) is 50.6. The van der Waals surface area contributed by atoms with Crippen molar-refractivity contribution in [3.05, 3.63) is 59.8 Å². The third kappa shape index (κ3) is 5.78. The molecule has 4 bridgehead atoms. The van der Waals surface area contributed by atoms with Gasteiger partial charge >= 0.3 is 6.09 Å². The van der Waals surface area contributed by atoms with E-state index in [1.54, 1.807) is 27.0 Å². The van der Waals surface area contributed by atoms with Crippen molar-refractivity contribution in [1.29, 1.82) is 0 Å². The Morgan fingerprint density at radius 1 is 1.05 bits per heavy atom. The Bertz CT molecular complexity index is 1430. The van der Waals surface area contributed by atoms with Crippen LogP contribution in [0.25, 0.3) is 10.9 Å². The number of hydrogen-bond donors (Lipinski definition) is 4. The minimum absolute atomic E-state index is 0.0715. The first-order valence-corrected chi connectivity index (χ1v) is 14.5. The molecule has 3 aromatic rings. The number of carbonyl (C=O) groups excluding carboxylic acids is 3. The third-order valence-corrected chi connectivity index (χ3v) is 8.84. The molecule has 10 heteroatoms. The van der Waals surface area contributed by atoms with E-state index in [9.17, 15) is 14.4 Å². The van der Waals surface area contributed by atoms with Gasteiger partial charge in [-0.1, -0.05) is 18.2 Å². The maximum Gasteiger partial charge on any atom is 0.408 e. The van der Waals surface area contributed by atoms with Gasteiger partial charge in [0.05, 0.1) is 11.8 Å². The number of nitrogens with one attached hydrogen (secondary N) is 4. The van der Waals surface area contributed by atoms with Gasteiger partial charge in [0.1, 0.15) is 17.3 Å². The summed E-state index contributed by atoms with van der Waals surface area (Å²) < 4.78 is 5.33. The van der Waals surface area contributed by atoms with Gasteiger partial charge in [-0.05, 0) is 100 Å². The predicted octanol–water partition coefficient (Wildman–Crippen LogP) is 4.32. The first kappa shape index (κ1) is 27.2. The fourth-order valence-corrected chi connectivity index (χ4v) is 7.72. The maximum absolute atomic E-state index is 13.4. The van der Waals surface area contributed by atoms with E-state index >= 15 is 0 Å². The third-order valence-electron chi connectivity index (χ3n) is 8.84. The van der Waals surface area contributed by atoms with E-state index in [4.69, 9.17) is 4.74 Å². The molecule has 216 valence electrons. The number of hydrogen-bond acceptors (Lipinski definition) is 6. The Balaban J connectivity index is 1.21. The van der Waals surface area contributed by atoms with Crippen LogP contribution in [0.4, 0.5) is 4.79 Å². The second-order valence-electron chi connectivity index (χ2n) is 13.2. The van der Waals surface area contributed by atoms with Crippen LogP contribution >= 0.6 is 0 Å². The highest BCUT2D eigenvalue weighted by Gasteiger charge is 2.52. The number of pyridine rings is 1. The number of rotatable bonds is 6. The zero-order valence-corrected chi connectivity index (χ0v) is 23.8. The number of aromatic nitrogens is 3. The van der Waals surface area contributed by atoms with Gasteiger partial charge in [-0.3, -0.25) is 20.4 Å². The van der Waals surface area contributed by atoms with E-state index < -0.39 is 29.6 Å². The van der Waals surface area contributed by atoms with E-state index in [1.807, 2.05) is 24.3 Å². The summed E-state index contributed by atoms with van der Waals surface area (Å²) in [7, 11) is 0. The number of imidazole rings is 1. The monoisotopic (exact) mass is 558 g/mol. The van der Waals surface area contributed by atoms with Gasteiger partial charge in [-0.25, -0.2) is 14.8 Å². The fraction of sp³-hybridized carbons (Fsp3) is 0.516. The number of H-pyrrole nitrogens is 1. The molecule has 1 aromatic carbocycles. The quantitative estimate of drug-likeness (QED) is 0.333. The number of benzene rings is 1. The molecule has 0 spiro atoms. The Morgan fingerprint density at radius 3 is 2.37 bits per heavy atom. The van der Waals surface area contributed by atoms with Crippen LogP contribution < -0.4 is 16.2 Å². The molecule has 4 aliphatic rings. The number of ether oxygens (including phenoxy) is 1. The number of alkyl carbamates (subject to hydrolysis) is 1. The molecular formula is C31H38N6O4. The number of carbonyl (C=O) groups is 3. The molecule has 0 radical (unpaired) electrons. The highest BCUT2D eigenvalue weighted by Crippen LogP contribution is 2.61. The van der Waals surface area contributed by atoms with Crippen molar-refractivity contribution in [1.82, 2.24) is 31.1 Å². The number of aromatic amines is 1. The molecule has 10 nitrogen and oxygen atoms in total. The van der Waals surface area contributed by atoms with Crippen molar-refractivity contribution in [3.8, 4) is 0 Å². The van der Waals surface area contributed by atoms with Crippen molar-refractivity contribution >= 4 is 28.8 Å². The summed E-state index contributed by atoms with van der Waals surface area (Å²) >= 11 is 0. The molecule has 4 fully saturated rings. The lowest BCUT2D eigenvalue weighted by Crippen LogP contribution is -2.54. The van der Waals surface area contributed by atoms with E-state index in [-0.39, 0.29) is 17.5 Å². The lowest BCUT2D eigenvalue weighted by molar-refractivity contribution is -0.124. The summed E-state index contributed by atoms with van der Waals surface area (Å²) in [6, 6.07) is 8.95. The lowest BCUT2D eigenvalue weighted by Gasteiger charge is -2.57. The number of fused-ring (bicyclic) bond motifs is 1. The van der Waals surface area contributed by atoms with Gasteiger partial charge in [0.15, 0.2) is 0 Å². The zero-order chi connectivity index (χ0) is 28.8. The van der Waals surface area contributed by atoms with Crippen LogP contribution in [-0.2, 0) is 21.4 Å². The molecule has 4 aliphatic carbocycles. The minimum Gasteiger partial charge on any atom is -0.444 e. The Morgan fingerprint density at radius 2 is 1.73 bits per heavy atom. The average Bonchev–Trinajstić information content (AvgIpc) is 3.42. The number of hydrazine groups is 1. The SMILES string of the molecule is CC(C)(C)OC(=O)N[C@@H](Cc1cnc[nH]1)C(=O)NNC(=O)c1cc(C23CC4CC(CC(C4)C2)C3)c2ccccc2n1. The molecule has 2 heterocycles. The van der Waals surface area contributed by atoms with Gasteiger partial charge in [0, 0.05) is 23.7 Å². The van der Waals surface area contributed by atoms with Crippen molar-refractivity contribution in [2.75, 3.05) is 0 Å². The van der Waals surface area contributed by atoms with Crippen molar-refractivity contribution < 1.29 is 19.1 Å². The van der Waals surface area contributed by atoms with Crippen LogP contribution in [0.3, 0.4) is 0 Å². The summed E-state index contributed by atoms with van der Waals surface area (Å²) in [6.45, 7) is 5.22. The first-order valence-electron chi connectivity index (χ1n) is 14.5. The lowest BCUT2D eigenvalue weighted by atomic mass is 9.48. The summed E-state index contributed by atoms with van der Waals surface area (Å²) in [5.41, 5.74) is 7.24. The van der Waals surface area contributed by atoms with Crippen LogP contribution in [0.5, 0.6) is 0 Å². The minimum atomic E-state index is -1.02. The van der Waals surface area contributed by atoms with Crippen LogP contribution in [0.2, 0.25) is 0 Å². The molecule has 0 saturated heterocycles. The molecular weight excluding hydrogens is 520 g/mol. The molecule has 0 unspecified atom stereocenters. The zero-order valence-electron chi connectivity index (χ0n) is 23.8. The van der Waals surface area contributed by atoms with E-state index in [0.717, 1.165) is 47.9 Å². The second-order valence-corrected chi connectivity index (χ2v) is 13.2. The van der Waals surface area contributed by atoms with Gasteiger partial charge in [0.2, 0.25) is 0 Å². The molecule has 1 atom stereocenters. The number of amides is 3. The second kappa shape index (κ2) is 10.5. The largest absolute Gasteiger partial charge is 0.444 e. The van der Waals surface area contributed by atoms with Gasteiger partial charge in [-0.15, -0.1) is 0 Å². The van der Waals surface area contributed by atoms with E-state index in [2.05, 4.69) is 37.2 Å². The standard InChI is InChI=1S/C31H38N6O4/c1-30(2,3)41-29(40)35-25(11-21-16-32-17-33-21)27(38)36-37-28(39)26-12-23(22-6-4-5-7-24(22)34-26)31-13-18-8-19(14-31)10-20(9-18)15-31/h4-7,12,16-20,25H,8-11,13-15H2,1-3H3,(H,32,33)(H,35,40)(H,36,38)(H,37,39)/t18?,19?,20?,25-,31?/m0/s1. The summed E-state index contributed by atoms with van der Waals surface area (Å²) in [6.07, 6.45) is 9.94. The highest BCUT2D eigenvalue weighted by molar-refractivity contribution is 5.97. The maximum atomic E-state index is 13.4. The molecule has 0 aliphatic heterocycles. The molecule has 3 amide bonds. The van der Waals surface area contributed by atoms with Crippen molar-refractivity contribution in [2.45, 2.75) is 82.8 Å².